The Balaban J connectivity index is 1.76. The SMILES string of the molecule is O=C(Cn1cc([N+](=O)[O-])ccc1=O)Nc1ccccc1C(=O)Nc1ccccc1. The van der Waals surface area contributed by atoms with Crippen LogP contribution >= 0.6 is 0 Å². The van der Waals surface area contributed by atoms with E-state index in [9.17, 15) is 24.5 Å². The summed E-state index contributed by atoms with van der Waals surface area (Å²) in [6.45, 7) is -0.435. The zero-order valence-corrected chi connectivity index (χ0v) is 15.1. The Morgan fingerprint density at radius 3 is 2.34 bits per heavy atom. The molecule has 0 aliphatic rings. The van der Waals surface area contributed by atoms with Crippen molar-refractivity contribution in [2.24, 2.45) is 0 Å². The molecule has 2 N–H and O–H groups in total. The molecule has 3 aromatic rings. The van der Waals surface area contributed by atoms with Crippen LogP contribution in [0.3, 0.4) is 0 Å². The molecule has 0 atom stereocenters. The molecule has 29 heavy (non-hydrogen) atoms. The quantitative estimate of drug-likeness (QED) is 0.493. The van der Waals surface area contributed by atoms with Gasteiger partial charge in [-0.3, -0.25) is 29.1 Å². The van der Waals surface area contributed by atoms with Crippen LogP contribution in [0.2, 0.25) is 0 Å². The molecule has 2 amide bonds. The first-order chi connectivity index (χ1) is 13.9. The predicted molar refractivity (Wildman–Crippen MR) is 107 cm³/mol. The molecular weight excluding hydrogens is 376 g/mol. The van der Waals surface area contributed by atoms with Gasteiger partial charge in [-0.05, 0) is 24.3 Å². The number of nitrogens with one attached hydrogen (secondary N) is 2. The molecule has 1 heterocycles. The minimum atomic E-state index is -0.656. The van der Waals surface area contributed by atoms with E-state index < -0.39 is 28.8 Å². The van der Waals surface area contributed by atoms with Crippen molar-refractivity contribution in [1.29, 1.82) is 0 Å². The fourth-order valence-electron chi connectivity index (χ4n) is 2.60. The van der Waals surface area contributed by atoms with Gasteiger partial charge in [-0.15, -0.1) is 0 Å². The number of rotatable bonds is 6. The normalized spacial score (nSPS) is 10.2. The highest BCUT2D eigenvalue weighted by Crippen LogP contribution is 2.17. The predicted octanol–water partition coefficient (Wildman–Crippen LogP) is 2.65. The second-order valence-electron chi connectivity index (χ2n) is 6.02. The van der Waals surface area contributed by atoms with Gasteiger partial charge in [-0.1, -0.05) is 30.3 Å². The van der Waals surface area contributed by atoms with Gasteiger partial charge < -0.3 is 10.6 Å². The molecule has 9 heteroatoms. The first-order valence-electron chi connectivity index (χ1n) is 8.54. The standard InChI is InChI=1S/C20H16N4O5/c25-18(13-23-12-15(24(28)29)10-11-19(23)26)22-17-9-5-4-8-16(17)20(27)21-14-6-2-1-3-7-14/h1-12H,13H2,(H,21,27)(H,22,25). The Kier molecular flexibility index (Phi) is 5.79. The lowest BCUT2D eigenvalue weighted by Crippen LogP contribution is -2.27. The molecule has 2 aromatic carbocycles. The van der Waals surface area contributed by atoms with Gasteiger partial charge in [0.2, 0.25) is 5.91 Å². The molecule has 1 aromatic heterocycles. The number of aromatic nitrogens is 1. The zero-order valence-electron chi connectivity index (χ0n) is 15.1. The first kappa shape index (κ1) is 19.5. The van der Waals surface area contributed by atoms with Crippen molar-refractivity contribution in [3.05, 3.63) is 99.0 Å². The third-order valence-electron chi connectivity index (χ3n) is 3.97. The van der Waals surface area contributed by atoms with Crippen LogP contribution in [0.1, 0.15) is 10.4 Å². The van der Waals surface area contributed by atoms with Gasteiger partial charge in [-0.2, -0.15) is 0 Å². The molecule has 0 fully saturated rings. The van der Waals surface area contributed by atoms with Crippen molar-refractivity contribution < 1.29 is 14.5 Å². The van der Waals surface area contributed by atoms with Crippen LogP contribution in [-0.4, -0.2) is 21.3 Å². The monoisotopic (exact) mass is 392 g/mol. The lowest BCUT2D eigenvalue weighted by atomic mass is 10.1. The molecule has 0 saturated carbocycles. The number of anilines is 2. The number of nitrogens with zero attached hydrogens (tertiary/aromatic N) is 2. The zero-order chi connectivity index (χ0) is 20.8. The van der Waals surface area contributed by atoms with E-state index in [0.717, 1.165) is 22.9 Å². The molecule has 0 spiro atoms. The van der Waals surface area contributed by atoms with Gasteiger partial charge in [0.1, 0.15) is 6.54 Å². The van der Waals surface area contributed by atoms with E-state index in [1.54, 1.807) is 48.5 Å². The lowest BCUT2D eigenvalue weighted by molar-refractivity contribution is -0.385. The number of amides is 2. The van der Waals surface area contributed by atoms with E-state index in [-0.39, 0.29) is 16.9 Å². The number of hydrogen-bond acceptors (Lipinski definition) is 5. The Bertz CT molecular complexity index is 1120. The summed E-state index contributed by atoms with van der Waals surface area (Å²) in [5, 5.41) is 16.2. The van der Waals surface area contributed by atoms with Crippen LogP contribution in [0.5, 0.6) is 0 Å². The number of nitro groups is 1. The van der Waals surface area contributed by atoms with Gasteiger partial charge in [-0.25, -0.2) is 0 Å². The summed E-state index contributed by atoms with van der Waals surface area (Å²) >= 11 is 0. The second kappa shape index (κ2) is 8.61. The van der Waals surface area contributed by atoms with Gasteiger partial charge in [0.05, 0.1) is 22.4 Å². The average molecular weight is 392 g/mol. The van der Waals surface area contributed by atoms with Gasteiger partial charge in [0, 0.05) is 17.8 Å². The number of carbonyl (C=O) groups excluding carboxylic acids is 2. The second-order valence-corrected chi connectivity index (χ2v) is 6.02. The summed E-state index contributed by atoms with van der Waals surface area (Å²) in [5.74, 6) is -1.02. The maximum absolute atomic E-state index is 12.6. The summed E-state index contributed by atoms with van der Waals surface area (Å²) in [7, 11) is 0. The summed E-state index contributed by atoms with van der Waals surface area (Å²) in [6, 6.07) is 17.3. The fourth-order valence-corrected chi connectivity index (χ4v) is 2.60. The molecular formula is C20H16N4O5. The van der Waals surface area contributed by atoms with Crippen molar-refractivity contribution in [2.45, 2.75) is 6.54 Å². The molecule has 0 aliphatic heterocycles. The summed E-state index contributed by atoms with van der Waals surface area (Å²) in [5.41, 5.74) is 0.225. The largest absolute Gasteiger partial charge is 0.324 e. The minimum Gasteiger partial charge on any atom is -0.324 e. The van der Waals surface area contributed by atoms with Crippen LogP contribution in [-0.2, 0) is 11.3 Å². The summed E-state index contributed by atoms with van der Waals surface area (Å²) < 4.78 is 0.931. The maximum Gasteiger partial charge on any atom is 0.285 e. The van der Waals surface area contributed by atoms with E-state index in [1.807, 2.05) is 6.07 Å². The molecule has 3 rings (SSSR count). The van der Waals surface area contributed by atoms with Crippen LogP contribution in [0.4, 0.5) is 17.1 Å². The van der Waals surface area contributed by atoms with Crippen LogP contribution < -0.4 is 16.2 Å². The molecule has 0 saturated heterocycles. The van der Waals surface area contributed by atoms with Gasteiger partial charge in [0.15, 0.2) is 0 Å². The first-order valence-corrected chi connectivity index (χ1v) is 8.54. The van der Waals surface area contributed by atoms with E-state index in [1.165, 1.54) is 0 Å². The molecule has 0 radical (unpaired) electrons. The highest BCUT2D eigenvalue weighted by Gasteiger charge is 2.15. The van der Waals surface area contributed by atoms with E-state index in [4.69, 9.17) is 0 Å². The Morgan fingerprint density at radius 1 is 0.931 bits per heavy atom. The van der Waals surface area contributed by atoms with Crippen LogP contribution in [0, 0.1) is 10.1 Å². The van der Waals surface area contributed by atoms with Gasteiger partial charge in [0.25, 0.3) is 17.2 Å². The topological polar surface area (TPSA) is 123 Å². The Labute approximate surface area is 164 Å². The molecule has 0 aliphatic carbocycles. The Morgan fingerprint density at radius 2 is 1.62 bits per heavy atom. The summed E-state index contributed by atoms with van der Waals surface area (Å²) in [4.78, 5) is 47.0. The van der Waals surface area contributed by atoms with Crippen molar-refractivity contribution in [3.63, 3.8) is 0 Å². The number of benzene rings is 2. The smallest absolute Gasteiger partial charge is 0.285 e. The van der Waals surface area contributed by atoms with Crippen molar-refractivity contribution >= 4 is 28.9 Å². The molecule has 0 unspecified atom stereocenters. The number of carbonyl (C=O) groups is 2. The molecule has 146 valence electrons. The lowest BCUT2D eigenvalue weighted by Gasteiger charge is -2.12. The van der Waals surface area contributed by atoms with Crippen LogP contribution in [0.15, 0.2) is 77.7 Å². The maximum atomic E-state index is 12.6. The minimum absolute atomic E-state index is 0.232. The third kappa shape index (κ3) is 4.92. The Hall–Kier alpha value is -4.27. The molecule has 9 nitrogen and oxygen atoms in total. The van der Waals surface area contributed by atoms with Crippen LogP contribution in [0.25, 0.3) is 0 Å². The number of pyridine rings is 1. The summed E-state index contributed by atoms with van der Waals surface area (Å²) in [6.07, 6.45) is 0.996. The van der Waals surface area contributed by atoms with E-state index >= 15 is 0 Å². The van der Waals surface area contributed by atoms with Crippen molar-refractivity contribution in [1.82, 2.24) is 4.57 Å². The number of hydrogen-bond donors (Lipinski definition) is 2. The highest BCUT2D eigenvalue weighted by molar-refractivity contribution is 6.10. The highest BCUT2D eigenvalue weighted by atomic mass is 16.6. The van der Waals surface area contributed by atoms with Gasteiger partial charge >= 0.3 is 0 Å². The van der Waals surface area contributed by atoms with E-state index in [2.05, 4.69) is 10.6 Å². The van der Waals surface area contributed by atoms with Crippen molar-refractivity contribution in [2.75, 3.05) is 10.6 Å². The average Bonchev–Trinajstić information content (AvgIpc) is 2.70. The van der Waals surface area contributed by atoms with Crippen molar-refractivity contribution in [3.8, 4) is 0 Å². The third-order valence-corrected chi connectivity index (χ3v) is 3.97. The molecule has 0 bridgehead atoms. The number of para-hydroxylation sites is 2. The fraction of sp³-hybridized carbons (Fsp3) is 0.0500. The van der Waals surface area contributed by atoms with E-state index in [0.29, 0.717) is 5.69 Å².